The average Bonchev–Trinajstić information content (AvgIpc) is 3.63. The standard InChI is InChI=1S/C30H30N2O9S/c1-7-40-29(36)27-15(3)31-30(42-27)32-23(18-12-20(37-4)26(39-6)21(13-18)38-5)22(25(34)28(32)35)24(33)16-8-9-19-17(11-16)10-14(2)41-19/h8-9,11-14,23,33H,7,10H2,1-6H3. The van der Waals surface area contributed by atoms with Crippen molar-refractivity contribution in [3.63, 3.8) is 0 Å². The van der Waals surface area contributed by atoms with E-state index in [1.54, 1.807) is 44.2 Å². The van der Waals surface area contributed by atoms with E-state index in [0.29, 0.717) is 34.7 Å². The molecular weight excluding hydrogens is 564 g/mol. The molecule has 1 saturated heterocycles. The summed E-state index contributed by atoms with van der Waals surface area (Å²) in [5.41, 5.74) is 1.79. The summed E-state index contributed by atoms with van der Waals surface area (Å²) in [7, 11) is 4.35. The number of rotatable bonds is 8. The zero-order valence-corrected chi connectivity index (χ0v) is 24.8. The van der Waals surface area contributed by atoms with Crippen LogP contribution in [0.3, 0.4) is 0 Å². The van der Waals surface area contributed by atoms with Crippen LogP contribution >= 0.6 is 11.3 Å². The molecule has 0 bridgehead atoms. The molecule has 1 aromatic heterocycles. The first-order valence-electron chi connectivity index (χ1n) is 13.2. The Morgan fingerprint density at radius 1 is 1.12 bits per heavy atom. The van der Waals surface area contributed by atoms with E-state index in [4.69, 9.17) is 23.7 Å². The Kier molecular flexibility index (Phi) is 7.83. The zero-order chi connectivity index (χ0) is 30.3. The number of methoxy groups -OCH3 is 3. The number of aryl methyl sites for hydroxylation is 1. The normalized spacial score (nSPS) is 19.0. The second-order valence-corrected chi connectivity index (χ2v) is 10.7. The summed E-state index contributed by atoms with van der Waals surface area (Å²) in [6.07, 6.45) is 0.611. The minimum Gasteiger partial charge on any atom is -0.507 e. The van der Waals surface area contributed by atoms with Gasteiger partial charge in [-0.2, -0.15) is 0 Å². The van der Waals surface area contributed by atoms with Crippen molar-refractivity contribution in [3.8, 4) is 23.0 Å². The van der Waals surface area contributed by atoms with E-state index in [1.165, 1.54) is 26.2 Å². The third-order valence-electron chi connectivity index (χ3n) is 7.07. The largest absolute Gasteiger partial charge is 0.507 e. The van der Waals surface area contributed by atoms with Crippen molar-refractivity contribution in [1.29, 1.82) is 0 Å². The van der Waals surface area contributed by atoms with Crippen LogP contribution in [-0.4, -0.2) is 61.8 Å². The predicted octanol–water partition coefficient (Wildman–Crippen LogP) is 4.60. The van der Waals surface area contributed by atoms with Crippen LogP contribution < -0.4 is 23.8 Å². The van der Waals surface area contributed by atoms with Crippen molar-refractivity contribution in [2.24, 2.45) is 0 Å². The number of thiazole rings is 1. The molecule has 3 heterocycles. The summed E-state index contributed by atoms with van der Waals surface area (Å²) in [5.74, 6) is -1.22. The van der Waals surface area contributed by atoms with E-state index in [1.807, 2.05) is 6.92 Å². The second-order valence-electron chi connectivity index (χ2n) is 9.71. The number of carbonyl (C=O) groups is 3. The number of hydrogen-bond acceptors (Lipinski definition) is 11. The summed E-state index contributed by atoms with van der Waals surface area (Å²) >= 11 is 0.922. The lowest BCUT2D eigenvalue weighted by Gasteiger charge is -2.24. The predicted molar refractivity (Wildman–Crippen MR) is 154 cm³/mol. The highest BCUT2D eigenvalue weighted by Crippen LogP contribution is 2.48. The van der Waals surface area contributed by atoms with Gasteiger partial charge < -0.3 is 28.8 Å². The van der Waals surface area contributed by atoms with Crippen LogP contribution in [0.5, 0.6) is 23.0 Å². The first-order chi connectivity index (χ1) is 20.1. The zero-order valence-electron chi connectivity index (χ0n) is 24.0. The Morgan fingerprint density at radius 3 is 2.43 bits per heavy atom. The summed E-state index contributed by atoms with van der Waals surface area (Å²) in [4.78, 5) is 45.8. The van der Waals surface area contributed by atoms with Crippen LogP contribution in [0, 0.1) is 6.92 Å². The van der Waals surface area contributed by atoms with E-state index < -0.39 is 23.7 Å². The van der Waals surface area contributed by atoms with Crippen LogP contribution in [0.2, 0.25) is 0 Å². The SMILES string of the molecule is CCOC(=O)c1sc(N2C(=O)C(=O)C(=C(O)c3ccc4c(c3)CC(C)O4)C2c2cc(OC)c(OC)c(OC)c2)nc1C. The highest BCUT2D eigenvalue weighted by molar-refractivity contribution is 7.17. The molecule has 2 aliphatic heterocycles. The monoisotopic (exact) mass is 594 g/mol. The van der Waals surface area contributed by atoms with Crippen molar-refractivity contribution in [2.75, 3.05) is 32.8 Å². The molecule has 2 aromatic carbocycles. The fourth-order valence-corrected chi connectivity index (χ4v) is 6.19. The van der Waals surface area contributed by atoms with Gasteiger partial charge in [0.05, 0.1) is 45.2 Å². The van der Waals surface area contributed by atoms with Gasteiger partial charge >= 0.3 is 11.9 Å². The molecule has 1 N–H and O–H groups in total. The van der Waals surface area contributed by atoms with Gasteiger partial charge in [0.1, 0.15) is 22.5 Å². The molecule has 1 amide bonds. The van der Waals surface area contributed by atoms with Gasteiger partial charge in [-0.1, -0.05) is 11.3 Å². The number of hydrogen-bond donors (Lipinski definition) is 1. The van der Waals surface area contributed by atoms with Crippen molar-refractivity contribution in [1.82, 2.24) is 4.98 Å². The van der Waals surface area contributed by atoms with Gasteiger partial charge in [0.2, 0.25) is 5.75 Å². The van der Waals surface area contributed by atoms with Crippen LogP contribution in [-0.2, 0) is 20.7 Å². The summed E-state index contributed by atoms with van der Waals surface area (Å²) in [5, 5.41) is 11.7. The number of ketones is 1. The van der Waals surface area contributed by atoms with Crippen molar-refractivity contribution in [3.05, 3.63) is 63.2 Å². The van der Waals surface area contributed by atoms with Gasteiger partial charge in [0.25, 0.3) is 5.78 Å². The number of Topliss-reactive ketones (excluding diaryl/α,β-unsaturated/α-hetero) is 1. The minimum absolute atomic E-state index is 0.0241. The van der Waals surface area contributed by atoms with Gasteiger partial charge in [-0.15, -0.1) is 0 Å². The molecule has 11 nitrogen and oxygen atoms in total. The molecule has 0 spiro atoms. The number of fused-ring (bicyclic) bond motifs is 1. The summed E-state index contributed by atoms with van der Waals surface area (Å²) in [6, 6.07) is 7.17. The number of aliphatic hydroxyl groups excluding tert-OH is 1. The Labute approximate surface area is 246 Å². The molecule has 0 aliphatic carbocycles. The maximum Gasteiger partial charge on any atom is 0.350 e. The number of esters is 1. The van der Waals surface area contributed by atoms with Crippen LogP contribution in [0.25, 0.3) is 5.76 Å². The highest BCUT2D eigenvalue weighted by atomic mass is 32.1. The molecular formula is C30H30N2O9S. The average molecular weight is 595 g/mol. The van der Waals surface area contributed by atoms with E-state index in [-0.39, 0.29) is 45.6 Å². The number of ether oxygens (including phenoxy) is 5. The van der Waals surface area contributed by atoms with Crippen molar-refractivity contribution >= 4 is 39.9 Å². The number of aliphatic hydroxyl groups is 1. The number of anilines is 1. The van der Waals surface area contributed by atoms with E-state index in [0.717, 1.165) is 16.9 Å². The number of carbonyl (C=O) groups excluding carboxylic acids is 3. The molecule has 0 saturated carbocycles. The first-order valence-corrected chi connectivity index (χ1v) is 14.0. The number of nitrogens with zero attached hydrogens (tertiary/aromatic N) is 2. The number of aromatic nitrogens is 1. The summed E-state index contributed by atoms with van der Waals surface area (Å²) < 4.78 is 27.5. The fraction of sp³-hybridized carbons (Fsp3) is 0.333. The first kappa shape index (κ1) is 28.9. The molecule has 1 fully saturated rings. The van der Waals surface area contributed by atoms with Crippen LogP contribution in [0.4, 0.5) is 5.13 Å². The highest BCUT2D eigenvalue weighted by Gasteiger charge is 2.49. The molecule has 2 unspecified atom stereocenters. The third kappa shape index (κ3) is 4.81. The second kappa shape index (κ2) is 11.4. The smallest absolute Gasteiger partial charge is 0.350 e. The molecule has 0 radical (unpaired) electrons. The molecule has 2 atom stereocenters. The van der Waals surface area contributed by atoms with Crippen molar-refractivity contribution < 1.29 is 43.2 Å². The lowest BCUT2D eigenvalue weighted by atomic mass is 9.94. The van der Waals surface area contributed by atoms with Gasteiger partial charge in [0.15, 0.2) is 16.6 Å². The molecule has 42 heavy (non-hydrogen) atoms. The fourth-order valence-electron chi connectivity index (χ4n) is 5.20. The molecule has 2 aliphatic rings. The topological polar surface area (TPSA) is 134 Å². The lowest BCUT2D eigenvalue weighted by molar-refractivity contribution is -0.132. The van der Waals surface area contributed by atoms with E-state index in [2.05, 4.69) is 4.98 Å². The van der Waals surface area contributed by atoms with Crippen LogP contribution in [0.15, 0.2) is 35.9 Å². The molecule has 12 heteroatoms. The molecule has 3 aromatic rings. The Balaban J connectivity index is 1.74. The van der Waals surface area contributed by atoms with E-state index >= 15 is 0 Å². The Bertz CT molecular complexity index is 1600. The van der Waals surface area contributed by atoms with Crippen LogP contribution in [0.1, 0.15) is 51.9 Å². The van der Waals surface area contributed by atoms with Gasteiger partial charge in [-0.25, -0.2) is 9.78 Å². The van der Waals surface area contributed by atoms with Gasteiger partial charge in [-0.05, 0) is 62.2 Å². The third-order valence-corrected chi connectivity index (χ3v) is 8.21. The lowest BCUT2D eigenvalue weighted by Crippen LogP contribution is -2.29. The van der Waals surface area contributed by atoms with Gasteiger partial charge in [0, 0.05) is 12.0 Å². The maximum absolute atomic E-state index is 13.7. The Hall–Kier alpha value is -4.58. The number of benzene rings is 2. The summed E-state index contributed by atoms with van der Waals surface area (Å²) in [6.45, 7) is 5.40. The molecule has 5 rings (SSSR count). The quantitative estimate of drug-likeness (QED) is 0.171. The van der Waals surface area contributed by atoms with Crippen molar-refractivity contribution in [2.45, 2.75) is 39.3 Å². The molecule has 220 valence electrons. The maximum atomic E-state index is 13.7. The van der Waals surface area contributed by atoms with Gasteiger partial charge in [-0.3, -0.25) is 14.5 Å². The minimum atomic E-state index is -1.15. The number of amides is 1. The Morgan fingerprint density at radius 2 is 1.81 bits per heavy atom. The van der Waals surface area contributed by atoms with E-state index in [9.17, 15) is 19.5 Å².